The Kier molecular flexibility index (Phi) is 6.85. The molecule has 3 aromatic rings. The monoisotopic (exact) mass is 514 g/mol. The van der Waals surface area contributed by atoms with Gasteiger partial charge in [0, 0.05) is 5.69 Å². The van der Waals surface area contributed by atoms with Crippen LogP contribution in [-0.2, 0) is 22.2 Å². The van der Waals surface area contributed by atoms with Crippen LogP contribution >= 0.6 is 11.6 Å². The predicted octanol–water partition coefficient (Wildman–Crippen LogP) is 5.92. The van der Waals surface area contributed by atoms with Crippen molar-refractivity contribution in [3.63, 3.8) is 0 Å². The first kappa shape index (κ1) is 25.0. The molecule has 0 saturated heterocycles. The molecular weight excluding hydrogens is 497 g/mol. The van der Waals surface area contributed by atoms with E-state index in [0.29, 0.717) is 22.4 Å². The first-order valence-corrected chi connectivity index (χ1v) is 11.1. The Labute approximate surface area is 208 Å². The Morgan fingerprint density at radius 3 is 2.25 bits per heavy atom. The lowest BCUT2D eigenvalue weighted by molar-refractivity contribution is -0.137. The molecule has 1 N–H and O–H groups in total. The van der Waals surface area contributed by atoms with Crippen molar-refractivity contribution in [3.05, 3.63) is 100 Å². The number of benzene rings is 3. The van der Waals surface area contributed by atoms with Gasteiger partial charge in [0.15, 0.2) is 0 Å². The molecule has 0 unspecified atom stereocenters. The Hall–Kier alpha value is -4.11. The van der Waals surface area contributed by atoms with E-state index in [4.69, 9.17) is 16.3 Å². The fraction of sp³-hybridized carbons (Fsp3) is 0.115. The van der Waals surface area contributed by atoms with Gasteiger partial charge in [-0.3, -0.25) is 9.59 Å². The maximum Gasteiger partial charge on any atom is 0.416 e. The van der Waals surface area contributed by atoms with Crippen molar-refractivity contribution in [1.82, 2.24) is 0 Å². The number of rotatable bonds is 6. The molecular formula is C26H18ClF3N2O4. The van der Waals surface area contributed by atoms with Gasteiger partial charge in [-0.25, -0.2) is 9.69 Å². The summed E-state index contributed by atoms with van der Waals surface area (Å²) in [5, 5.41) is 2.23. The van der Waals surface area contributed by atoms with Crippen LogP contribution in [0.4, 0.5) is 24.5 Å². The SMILES string of the molecule is CCc1ccc(OC(=O)c2ccc(NC3=C(Cl)C(=O)N(c4cccc(C(F)(F)F)c4)C3=O)cc2)cc1. The van der Waals surface area contributed by atoms with E-state index in [-0.39, 0.29) is 16.9 Å². The number of alkyl halides is 3. The highest BCUT2D eigenvalue weighted by atomic mass is 35.5. The van der Waals surface area contributed by atoms with Crippen LogP contribution in [0.25, 0.3) is 0 Å². The zero-order valence-corrected chi connectivity index (χ0v) is 19.5. The van der Waals surface area contributed by atoms with Crippen LogP contribution in [0.5, 0.6) is 5.75 Å². The van der Waals surface area contributed by atoms with Crippen LogP contribution in [-0.4, -0.2) is 17.8 Å². The van der Waals surface area contributed by atoms with E-state index in [9.17, 15) is 27.6 Å². The number of esters is 1. The standard InChI is InChI=1S/C26H18ClF3N2O4/c1-2-15-6-12-20(13-7-15)36-25(35)16-8-10-18(11-9-16)31-22-21(27)23(33)32(24(22)34)19-5-3-4-17(14-19)26(28,29)30/h3-14,31H,2H2,1H3. The molecule has 2 amide bonds. The highest BCUT2D eigenvalue weighted by molar-refractivity contribution is 6.53. The Bertz CT molecular complexity index is 1370. The molecule has 184 valence electrons. The van der Waals surface area contributed by atoms with Gasteiger partial charge in [0.2, 0.25) is 0 Å². The molecule has 0 saturated carbocycles. The molecule has 0 aliphatic carbocycles. The summed E-state index contributed by atoms with van der Waals surface area (Å²) in [5.74, 6) is -2.08. The number of carbonyl (C=O) groups is 3. The molecule has 1 aliphatic rings. The van der Waals surface area contributed by atoms with Gasteiger partial charge < -0.3 is 10.1 Å². The van der Waals surface area contributed by atoms with Gasteiger partial charge in [0.25, 0.3) is 11.8 Å². The summed E-state index contributed by atoms with van der Waals surface area (Å²) in [6.45, 7) is 2.01. The number of carbonyl (C=O) groups excluding carboxylic acids is 3. The average Bonchev–Trinajstić information content (AvgIpc) is 3.07. The Balaban J connectivity index is 1.47. The molecule has 0 bridgehead atoms. The Morgan fingerprint density at radius 2 is 1.64 bits per heavy atom. The number of nitrogens with one attached hydrogen (secondary N) is 1. The largest absolute Gasteiger partial charge is 0.423 e. The predicted molar refractivity (Wildman–Crippen MR) is 128 cm³/mol. The number of ether oxygens (including phenoxy) is 1. The van der Waals surface area contributed by atoms with Crippen molar-refractivity contribution >= 4 is 40.8 Å². The number of halogens is 4. The zero-order chi connectivity index (χ0) is 26.0. The molecule has 36 heavy (non-hydrogen) atoms. The van der Waals surface area contributed by atoms with Gasteiger partial charge in [-0.2, -0.15) is 13.2 Å². The normalized spacial score (nSPS) is 13.9. The lowest BCUT2D eigenvalue weighted by Gasteiger charge is -2.17. The highest BCUT2D eigenvalue weighted by Crippen LogP contribution is 2.35. The molecule has 4 rings (SSSR count). The third-order valence-electron chi connectivity index (χ3n) is 5.39. The minimum Gasteiger partial charge on any atom is -0.423 e. The molecule has 0 fully saturated rings. The molecule has 6 nitrogen and oxygen atoms in total. The summed E-state index contributed by atoms with van der Waals surface area (Å²) in [5.41, 5.74) is 0.0792. The molecule has 0 aromatic heterocycles. The molecule has 10 heteroatoms. The molecule has 0 radical (unpaired) electrons. The first-order chi connectivity index (χ1) is 17.1. The maximum atomic E-state index is 13.1. The molecule has 0 atom stereocenters. The number of amides is 2. The summed E-state index contributed by atoms with van der Waals surface area (Å²) < 4.78 is 44.5. The Morgan fingerprint density at radius 1 is 0.972 bits per heavy atom. The number of aryl methyl sites for hydroxylation is 1. The second kappa shape index (κ2) is 9.87. The minimum atomic E-state index is -4.65. The number of hydrogen-bond acceptors (Lipinski definition) is 5. The number of imide groups is 1. The van der Waals surface area contributed by atoms with Gasteiger partial charge in [-0.05, 0) is 66.6 Å². The van der Waals surface area contributed by atoms with Crippen molar-refractivity contribution in [2.24, 2.45) is 0 Å². The summed E-state index contributed by atoms with van der Waals surface area (Å²) in [6, 6.07) is 16.8. The van der Waals surface area contributed by atoms with Crippen molar-refractivity contribution in [1.29, 1.82) is 0 Å². The summed E-state index contributed by atoms with van der Waals surface area (Å²) in [6.07, 6.45) is -3.79. The van der Waals surface area contributed by atoms with Gasteiger partial charge >= 0.3 is 12.1 Å². The summed E-state index contributed by atoms with van der Waals surface area (Å²) >= 11 is 6.05. The summed E-state index contributed by atoms with van der Waals surface area (Å²) in [7, 11) is 0. The highest BCUT2D eigenvalue weighted by Gasteiger charge is 2.40. The van der Waals surface area contributed by atoms with E-state index in [0.717, 1.165) is 24.1 Å². The first-order valence-electron chi connectivity index (χ1n) is 10.7. The van der Waals surface area contributed by atoms with Crippen LogP contribution in [0.2, 0.25) is 0 Å². The summed E-state index contributed by atoms with van der Waals surface area (Å²) in [4.78, 5) is 38.4. The lowest BCUT2D eigenvalue weighted by atomic mass is 10.1. The van der Waals surface area contributed by atoms with E-state index in [1.165, 1.54) is 30.3 Å². The van der Waals surface area contributed by atoms with Crippen LogP contribution in [0, 0.1) is 0 Å². The second-order valence-corrected chi connectivity index (χ2v) is 8.15. The maximum absolute atomic E-state index is 13.1. The quantitative estimate of drug-likeness (QED) is 0.251. The van der Waals surface area contributed by atoms with Crippen molar-refractivity contribution in [3.8, 4) is 5.75 Å². The number of hydrogen-bond donors (Lipinski definition) is 1. The zero-order valence-electron chi connectivity index (χ0n) is 18.7. The van der Waals surface area contributed by atoms with E-state index in [1.807, 2.05) is 19.1 Å². The molecule has 1 aliphatic heterocycles. The van der Waals surface area contributed by atoms with Crippen LogP contribution < -0.4 is 15.0 Å². The van der Waals surface area contributed by atoms with Crippen LogP contribution in [0.1, 0.15) is 28.4 Å². The molecule has 3 aromatic carbocycles. The fourth-order valence-electron chi connectivity index (χ4n) is 3.46. The van der Waals surface area contributed by atoms with Gasteiger partial charge in [0.1, 0.15) is 16.5 Å². The fourth-order valence-corrected chi connectivity index (χ4v) is 3.67. The van der Waals surface area contributed by atoms with E-state index in [1.54, 1.807) is 12.1 Å². The van der Waals surface area contributed by atoms with E-state index in [2.05, 4.69) is 5.32 Å². The van der Waals surface area contributed by atoms with Crippen molar-refractivity contribution < 1.29 is 32.3 Å². The van der Waals surface area contributed by atoms with E-state index >= 15 is 0 Å². The van der Waals surface area contributed by atoms with Crippen LogP contribution in [0.15, 0.2) is 83.5 Å². The van der Waals surface area contributed by atoms with Gasteiger partial charge in [-0.1, -0.05) is 36.7 Å². The van der Waals surface area contributed by atoms with Crippen molar-refractivity contribution in [2.45, 2.75) is 19.5 Å². The third kappa shape index (κ3) is 5.11. The molecule has 0 spiro atoms. The average molecular weight is 515 g/mol. The number of anilines is 2. The topological polar surface area (TPSA) is 75.7 Å². The second-order valence-electron chi connectivity index (χ2n) is 7.77. The number of nitrogens with zero attached hydrogens (tertiary/aromatic N) is 1. The van der Waals surface area contributed by atoms with E-state index < -0.39 is 34.6 Å². The lowest BCUT2D eigenvalue weighted by Crippen LogP contribution is -2.32. The third-order valence-corrected chi connectivity index (χ3v) is 5.74. The minimum absolute atomic E-state index is 0.236. The van der Waals surface area contributed by atoms with Crippen molar-refractivity contribution in [2.75, 3.05) is 10.2 Å². The van der Waals surface area contributed by atoms with Gasteiger partial charge in [0.05, 0.1) is 16.8 Å². The smallest absolute Gasteiger partial charge is 0.416 e. The van der Waals surface area contributed by atoms with Gasteiger partial charge in [-0.15, -0.1) is 0 Å². The molecule has 1 heterocycles. The van der Waals surface area contributed by atoms with Crippen LogP contribution in [0.3, 0.4) is 0 Å².